The molecule has 0 amide bonds. The Kier molecular flexibility index (Phi) is 3.71. The third kappa shape index (κ3) is 2.40. The number of rotatable bonds is 3. The first kappa shape index (κ1) is 14.7. The van der Waals surface area contributed by atoms with Gasteiger partial charge in [-0.1, -0.05) is 24.8 Å². The number of para-hydroxylation sites is 2. The van der Waals surface area contributed by atoms with Gasteiger partial charge < -0.3 is 0 Å². The van der Waals surface area contributed by atoms with E-state index in [1.165, 1.54) is 12.1 Å². The third-order valence-corrected chi connectivity index (χ3v) is 4.27. The molecule has 0 N–H and O–H groups in total. The van der Waals surface area contributed by atoms with Gasteiger partial charge in [-0.05, 0) is 40.7 Å². The first-order chi connectivity index (χ1) is 10.5. The maximum atomic E-state index is 13.2. The summed E-state index contributed by atoms with van der Waals surface area (Å²) in [5.41, 5.74) is 3.26. The lowest BCUT2D eigenvalue weighted by atomic mass is 10.1. The Morgan fingerprint density at radius 2 is 1.91 bits per heavy atom. The molecule has 0 radical (unpaired) electrons. The summed E-state index contributed by atoms with van der Waals surface area (Å²) in [5.74, 6) is -0.288. The Balaban J connectivity index is 2.05. The van der Waals surface area contributed by atoms with Crippen LogP contribution in [0.15, 0.2) is 53.8 Å². The monoisotopic (exact) mass is 314 g/mol. The molecular weight excluding hydrogens is 298 g/mol. The van der Waals surface area contributed by atoms with Crippen molar-refractivity contribution in [1.29, 1.82) is 0 Å². The van der Waals surface area contributed by atoms with Crippen LogP contribution in [0.1, 0.15) is 5.56 Å². The van der Waals surface area contributed by atoms with Crippen LogP contribution in [0.4, 0.5) is 4.39 Å². The molecule has 0 saturated heterocycles. The van der Waals surface area contributed by atoms with Crippen LogP contribution >= 0.6 is 9.24 Å². The molecule has 2 aromatic carbocycles. The minimum Gasteiger partial charge on any atom is -0.295 e. The predicted octanol–water partition coefficient (Wildman–Crippen LogP) is 2.69. The average Bonchev–Trinajstić information content (AvgIpc) is 2.73. The summed E-state index contributed by atoms with van der Waals surface area (Å²) in [6, 6.07) is 12.2. The lowest BCUT2D eigenvalue weighted by Crippen LogP contribution is -2.23. The van der Waals surface area contributed by atoms with Crippen molar-refractivity contribution in [2.45, 2.75) is 6.54 Å². The van der Waals surface area contributed by atoms with Crippen molar-refractivity contribution in [3.8, 4) is 0 Å². The van der Waals surface area contributed by atoms with Gasteiger partial charge >= 0.3 is 5.69 Å². The molecule has 0 saturated carbocycles. The van der Waals surface area contributed by atoms with Gasteiger partial charge in [0.25, 0.3) is 0 Å². The number of nitrogens with zero attached hydrogens (tertiary/aromatic N) is 2. The zero-order valence-electron chi connectivity index (χ0n) is 12.2. The predicted molar refractivity (Wildman–Crippen MR) is 92.0 cm³/mol. The number of aryl methyl sites for hydroxylation is 1. The molecule has 1 heterocycles. The molecule has 1 unspecified atom stereocenters. The normalized spacial score (nSPS) is 11.0. The van der Waals surface area contributed by atoms with Gasteiger partial charge in [-0.2, -0.15) is 0 Å². The van der Waals surface area contributed by atoms with Gasteiger partial charge in [-0.25, -0.2) is 9.18 Å². The number of hydrogen-bond donors (Lipinski definition) is 0. The first-order valence-electron chi connectivity index (χ1n) is 6.86. The van der Waals surface area contributed by atoms with Gasteiger partial charge in [0.1, 0.15) is 5.82 Å². The van der Waals surface area contributed by atoms with E-state index < -0.39 is 0 Å². The molecule has 3 aromatic rings. The number of hydrogen-bond acceptors (Lipinski definition) is 1. The molecule has 0 spiro atoms. The first-order valence-corrected chi connectivity index (χ1v) is 7.44. The van der Waals surface area contributed by atoms with E-state index in [1.54, 1.807) is 22.2 Å². The van der Waals surface area contributed by atoms with Crippen molar-refractivity contribution >= 4 is 31.2 Å². The highest BCUT2D eigenvalue weighted by Gasteiger charge is 2.12. The SMILES string of the molecule is C=C(Cn1c(=O)n(C)c2ccccc21)c1ccc(F)cc1P. The number of allylic oxidation sites excluding steroid dienone is 1. The number of imidazole rings is 1. The standard InChI is InChI=1S/C17H16FN2OP/c1-11(13-8-7-12(18)9-16(13)22)10-20-15-6-4-3-5-14(15)19(2)17(20)21/h3-9H,1,10,22H2,2H3. The van der Waals surface area contributed by atoms with Gasteiger partial charge in [0.2, 0.25) is 0 Å². The highest BCUT2D eigenvalue weighted by Crippen LogP contribution is 2.18. The van der Waals surface area contributed by atoms with Gasteiger partial charge in [-0.3, -0.25) is 9.13 Å². The van der Waals surface area contributed by atoms with Gasteiger partial charge in [0, 0.05) is 7.05 Å². The van der Waals surface area contributed by atoms with E-state index >= 15 is 0 Å². The lowest BCUT2D eigenvalue weighted by molar-refractivity contribution is 0.629. The summed E-state index contributed by atoms with van der Waals surface area (Å²) >= 11 is 0. The van der Waals surface area contributed by atoms with E-state index in [0.29, 0.717) is 6.54 Å². The Bertz CT molecular complexity index is 939. The molecule has 3 nitrogen and oxygen atoms in total. The minimum atomic E-state index is -0.288. The quantitative estimate of drug-likeness (QED) is 0.683. The molecule has 1 atom stereocenters. The summed E-state index contributed by atoms with van der Waals surface area (Å²) in [6.07, 6.45) is 0. The summed E-state index contributed by atoms with van der Waals surface area (Å²) in [5, 5.41) is 0.735. The highest BCUT2D eigenvalue weighted by molar-refractivity contribution is 7.27. The molecule has 0 fully saturated rings. The molecule has 0 aliphatic carbocycles. The fourth-order valence-electron chi connectivity index (χ4n) is 2.65. The summed E-state index contributed by atoms with van der Waals surface area (Å²) in [7, 11) is 4.26. The fraction of sp³-hybridized carbons (Fsp3) is 0.118. The Labute approximate surface area is 129 Å². The maximum absolute atomic E-state index is 13.2. The molecule has 0 bridgehead atoms. The molecule has 0 aliphatic heterocycles. The molecule has 0 aliphatic rings. The van der Waals surface area contributed by atoms with Crippen LogP contribution in [0.3, 0.4) is 0 Å². The van der Waals surface area contributed by atoms with Crippen molar-refractivity contribution < 1.29 is 4.39 Å². The van der Waals surface area contributed by atoms with E-state index in [-0.39, 0.29) is 11.5 Å². The third-order valence-electron chi connectivity index (χ3n) is 3.80. The highest BCUT2D eigenvalue weighted by atomic mass is 31.0. The van der Waals surface area contributed by atoms with Crippen LogP contribution < -0.4 is 11.0 Å². The van der Waals surface area contributed by atoms with Crippen molar-refractivity contribution in [2.75, 3.05) is 0 Å². The topological polar surface area (TPSA) is 26.9 Å². The van der Waals surface area contributed by atoms with Crippen molar-refractivity contribution in [3.63, 3.8) is 0 Å². The number of aromatic nitrogens is 2. The summed E-state index contributed by atoms with van der Waals surface area (Å²) in [6.45, 7) is 4.43. The molecule has 112 valence electrons. The maximum Gasteiger partial charge on any atom is 0.329 e. The molecule has 22 heavy (non-hydrogen) atoms. The van der Waals surface area contributed by atoms with E-state index in [9.17, 15) is 9.18 Å². The van der Waals surface area contributed by atoms with Gasteiger partial charge in [-0.15, -0.1) is 9.24 Å². The summed E-state index contributed by atoms with van der Waals surface area (Å²) in [4.78, 5) is 12.4. The van der Waals surface area contributed by atoms with Gasteiger partial charge in [0.05, 0.1) is 17.6 Å². The fourth-order valence-corrected chi connectivity index (χ4v) is 3.11. The molecule has 5 heteroatoms. The lowest BCUT2D eigenvalue weighted by Gasteiger charge is -2.10. The van der Waals surface area contributed by atoms with Crippen LogP contribution in [-0.2, 0) is 13.6 Å². The second kappa shape index (κ2) is 5.54. The zero-order valence-corrected chi connectivity index (χ0v) is 13.4. The van der Waals surface area contributed by atoms with Crippen LogP contribution in [0, 0.1) is 5.82 Å². The molecular formula is C17H16FN2OP. The smallest absolute Gasteiger partial charge is 0.295 e. The van der Waals surface area contributed by atoms with Gasteiger partial charge in [0.15, 0.2) is 0 Å². The second-order valence-corrected chi connectivity index (χ2v) is 5.87. The Hall–Kier alpha value is -2.19. The minimum absolute atomic E-state index is 0.0882. The Morgan fingerprint density at radius 3 is 2.59 bits per heavy atom. The number of benzene rings is 2. The number of halogens is 1. The average molecular weight is 314 g/mol. The molecule has 1 aromatic heterocycles. The van der Waals surface area contributed by atoms with E-state index in [0.717, 1.165) is 27.5 Å². The zero-order chi connectivity index (χ0) is 15.9. The van der Waals surface area contributed by atoms with Crippen molar-refractivity contribution in [2.24, 2.45) is 7.05 Å². The largest absolute Gasteiger partial charge is 0.329 e. The van der Waals surface area contributed by atoms with Crippen LogP contribution in [0.5, 0.6) is 0 Å². The van der Waals surface area contributed by atoms with Crippen molar-refractivity contribution in [3.05, 3.63) is 70.9 Å². The van der Waals surface area contributed by atoms with Crippen molar-refractivity contribution in [1.82, 2.24) is 9.13 Å². The van der Waals surface area contributed by atoms with Crippen LogP contribution in [-0.4, -0.2) is 9.13 Å². The Morgan fingerprint density at radius 1 is 1.23 bits per heavy atom. The summed E-state index contributed by atoms with van der Waals surface area (Å²) < 4.78 is 16.5. The van der Waals surface area contributed by atoms with Crippen LogP contribution in [0.25, 0.3) is 16.6 Å². The second-order valence-electron chi connectivity index (χ2n) is 5.25. The van der Waals surface area contributed by atoms with E-state index in [2.05, 4.69) is 15.8 Å². The molecule has 3 rings (SSSR count). The van der Waals surface area contributed by atoms with Crippen LogP contribution in [0.2, 0.25) is 0 Å². The van der Waals surface area contributed by atoms with E-state index in [1.807, 2.05) is 24.3 Å². The number of fused-ring (bicyclic) bond motifs is 1. The van der Waals surface area contributed by atoms with E-state index in [4.69, 9.17) is 0 Å².